The van der Waals surface area contributed by atoms with Gasteiger partial charge in [-0.15, -0.1) is 0 Å². The Kier molecular flexibility index (Phi) is 6.30. The van der Waals surface area contributed by atoms with Crippen LogP contribution in [0.25, 0.3) is 0 Å². The average molecular weight is 178 g/mol. The van der Waals surface area contributed by atoms with Crippen LogP contribution in [0.1, 0.15) is 6.92 Å². The lowest BCUT2D eigenvalue weighted by molar-refractivity contribution is 0.0552. The molecule has 0 unspecified atom stereocenters. The van der Waals surface area contributed by atoms with Crippen molar-refractivity contribution in [1.82, 2.24) is 0 Å². The SMILES string of the molecule is CCOC[C@@H](O)CSC(=N)N. The summed E-state index contributed by atoms with van der Waals surface area (Å²) in [7, 11) is 0. The second-order valence-electron chi connectivity index (χ2n) is 1.99. The maximum atomic E-state index is 9.13. The van der Waals surface area contributed by atoms with Gasteiger partial charge in [0.1, 0.15) is 0 Å². The van der Waals surface area contributed by atoms with Gasteiger partial charge in [-0.05, 0) is 6.92 Å². The van der Waals surface area contributed by atoms with Crippen molar-refractivity contribution in [2.24, 2.45) is 5.73 Å². The molecule has 4 nitrogen and oxygen atoms in total. The Balaban J connectivity index is 3.22. The Morgan fingerprint density at radius 3 is 2.91 bits per heavy atom. The van der Waals surface area contributed by atoms with Gasteiger partial charge < -0.3 is 15.6 Å². The summed E-state index contributed by atoms with van der Waals surface area (Å²) in [6.07, 6.45) is -0.524. The van der Waals surface area contributed by atoms with E-state index >= 15 is 0 Å². The van der Waals surface area contributed by atoms with Gasteiger partial charge in [-0.2, -0.15) is 0 Å². The van der Waals surface area contributed by atoms with Crippen LogP contribution < -0.4 is 5.73 Å². The number of aliphatic hydroxyl groups excluding tert-OH is 1. The molecule has 0 aliphatic rings. The van der Waals surface area contributed by atoms with Crippen molar-refractivity contribution < 1.29 is 9.84 Å². The van der Waals surface area contributed by atoms with Crippen molar-refractivity contribution in [1.29, 1.82) is 5.41 Å². The standard InChI is InChI=1S/C6H14N2O2S/c1-2-10-3-5(9)4-11-6(7)8/h5,9H,2-4H2,1H3,(H3,7,8)/t5-/m1/s1. The van der Waals surface area contributed by atoms with Crippen LogP contribution in [0.5, 0.6) is 0 Å². The van der Waals surface area contributed by atoms with Crippen molar-refractivity contribution in [3.05, 3.63) is 0 Å². The Morgan fingerprint density at radius 2 is 2.45 bits per heavy atom. The molecule has 0 rings (SSSR count). The molecule has 5 heteroatoms. The summed E-state index contributed by atoms with van der Waals surface area (Å²) in [5.74, 6) is 0.426. The molecule has 66 valence electrons. The zero-order valence-corrected chi connectivity index (χ0v) is 7.36. The summed E-state index contributed by atoms with van der Waals surface area (Å²) in [6.45, 7) is 2.78. The number of amidine groups is 1. The van der Waals surface area contributed by atoms with Crippen LogP contribution in [0.3, 0.4) is 0 Å². The van der Waals surface area contributed by atoms with Gasteiger partial charge in [0.2, 0.25) is 0 Å². The number of hydrogen-bond donors (Lipinski definition) is 3. The Hall–Kier alpha value is -0.260. The molecular weight excluding hydrogens is 164 g/mol. The Bertz CT molecular complexity index is 121. The largest absolute Gasteiger partial charge is 0.390 e. The van der Waals surface area contributed by atoms with Gasteiger partial charge in [0.25, 0.3) is 0 Å². The molecular formula is C6H14N2O2S. The highest BCUT2D eigenvalue weighted by Gasteiger charge is 2.04. The second-order valence-corrected chi connectivity index (χ2v) is 3.05. The molecule has 0 heterocycles. The fourth-order valence-corrected chi connectivity index (χ4v) is 0.956. The first-order valence-electron chi connectivity index (χ1n) is 3.39. The number of rotatable bonds is 5. The third-order valence-corrected chi connectivity index (χ3v) is 1.81. The molecule has 0 aliphatic carbocycles. The van der Waals surface area contributed by atoms with E-state index < -0.39 is 6.10 Å². The molecule has 0 aromatic heterocycles. The lowest BCUT2D eigenvalue weighted by Gasteiger charge is -2.08. The Morgan fingerprint density at radius 1 is 1.82 bits per heavy atom. The normalized spacial score (nSPS) is 12.9. The van der Waals surface area contributed by atoms with E-state index in [9.17, 15) is 0 Å². The summed E-state index contributed by atoms with van der Waals surface area (Å²) in [5.41, 5.74) is 5.06. The third kappa shape index (κ3) is 7.64. The van der Waals surface area contributed by atoms with Gasteiger partial charge in [0.05, 0.1) is 12.7 Å². The van der Waals surface area contributed by atoms with Crippen molar-refractivity contribution in [2.45, 2.75) is 13.0 Å². The zero-order valence-electron chi connectivity index (χ0n) is 6.54. The monoisotopic (exact) mass is 178 g/mol. The van der Waals surface area contributed by atoms with E-state index in [1.807, 2.05) is 6.92 Å². The van der Waals surface area contributed by atoms with Gasteiger partial charge in [-0.1, -0.05) is 11.8 Å². The van der Waals surface area contributed by atoms with Crippen molar-refractivity contribution in [3.8, 4) is 0 Å². The first kappa shape index (κ1) is 10.7. The first-order chi connectivity index (χ1) is 5.16. The fourth-order valence-electron chi connectivity index (χ4n) is 0.488. The summed E-state index contributed by atoms with van der Waals surface area (Å²) in [6, 6.07) is 0. The van der Waals surface area contributed by atoms with Crippen LogP contribution in [0.4, 0.5) is 0 Å². The maximum absolute atomic E-state index is 9.13. The quantitative estimate of drug-likeness (QED) is 0.409. The molecule has 0 aliphatic heterocycles. The van der Waals surface area contributed by atoms with Crippen LogP contribution in [0.2, 0.25) is 0 Å². The van der Waals surface area contributed by atoms with Gasteiger partial charge in [-0.25, -0.2) is 0 Å². The van der Waals surface area contributed by atoms with Crippen LogP contribution in [0.15, 0.2) is 0 Å². The molecule has 0 bridgehead atoms. The van der Waals surface area contributed by atoms with E-state index in [-0.39, 0.29) is 5.17 Å². The molecule has 11 heavy (non-hydrogen) atoms. The van der Waals surface area contributed by atoms with Gasteiger partial charge in [0, 0.05) is 12.4 Å². The molecule has 0 saturated heterocycles. The molecule has 0 radical (unpaired) electrons. The van der Waals surface area contributed by atoms with Crippen molar-refractivity contribution in [2.75, 3.05) is 19.0 Å². The smallest absolute Gasteiger partial charge is 0.151 e. The molecule has 1 atom stereocenters. The third-order valence-electron chi connectivity index (χ3n) is 0.946. The topological polar surface area (TPSA) is 79.3 Å². The number of thioether (sulfide) groups is 1. The second kappa shape index (κ2) is 6.45. The minimum atomic E-state index is -0.524. The first-order valence-corrected chi connectivity index (χ1v) is 4.38. The van der Waals surface area contributed by atoms with E-state index in [0.29, 0.717) is 19.0 Å². The van der Waals surface area contributed by atoms with Crippen LogP contribution in [0, 0.1) is 5.41 Å². The van der Waals surface area contributed by atoms with E-state index in [1.165, 1.54) is 0 Å². The number of nitrogens with one attached hydrogen (secondary N) is 1. The summed E-state index contributed by atoms with van der Waals surface area (Å²) in [5, 5.41) is 16.0. The molecule has 0 fully saturated rings. The van der Waals surface area contributed by atoms with Crippen LogP contribution in [-0.2, 0) is 4.74 Å². The van der Waals surface area contributed by atoms with Crippen molar-refractivity contribution >= 4 is 16.9 Å². The summed E-state index contributed by atoms with van der Waals surface area (Å²) in [4.78, 5) is 0. The van der Waals surface area contributed by atoms with E-state index in [1.54, 1.807) is 0 Å². The van der Waals surface area contributed by atoms with E-state index in [2.05, 4.69) is 0 Å². The number of aliphatic hydroxyl groups is 1. The molecule has 0 amide bonds. The predicted octanol–water partition coefficient (Wildman–Crippen LogP) is 0.0105. The Labute approximate surface area is 70.6 Å². The minimum absolute atomic E-state index is 0.0283. The number of ether oxygens (including phenoxy) is 1. The van der Waals surface area contributed by atoms with Gasteiger partial charge >= 0.3 is 0 Å². The van der Waals surface area contributed by atoms with E-state index in [0.717, 1.165) is 11.8 Å². The average Bonchev–Trinajstić information content (AvgIpc) is 1.97. The number of nitrogens with two attached hydrogens (primary N) is 1. The van der Waals surface area contributed by atoms with Crippen LogP contribution in [-0.4, -0.2) is 35.3 Å². The zero-order chi connectivity index (χ0) is 8.69. The van der Waals surface area contributed by atoms with Gasteiger partial charge in [-0.3, -0.25) is 5.41 Å². The fraction of sp³-hybridized carbons (Fsp3) is 0.833. The molecule has 4 N–H and O–H groups in total. The lowest BCUT2D eigenvalue weighted by atomic mass is 10.4. The maximum Gasteiger partial charge on any atom is 0.151 e. The lowest BCUT2D eigenvalue weighted by Crippen LogP contribution is -2.20. The molecule has 0 aromatic rings. The summed E-state index contributed by atoms with van der Waals surface area (Å²) >= 11 is 1.12. The van der Waals surface area contributed by atoms with E-state index in [4.69, 9.17) is 21.0 Å². The summed E-state index contributed by atoms with van der Waals surface area (Å²) < 4.78 is 4.95. The highest BCUT2D eigenvalue weighted by atomic mass is 32.2. The highest BCUT2D eigenvalue weighted by Crippen LogP contribution is 2.01. The predicted molar refractivity (Wildman–Crippen MR) is 46.9 cm³/mol. The van der Waals surface area contributed by atoms with Crippen LogP contribution >= 0.6 is 11.8 Å². The molecule has 0 saturated carbocycles. The molecule has 0 spiro atoms. The van der Waals surface area contributed by atoms with Gasteiger partial charge in [0.15, 0.2) is 5.17 Å². The highest BCUT2D eigenvalue weighted by molar-refractivity contribution is 8.13. The number of hydrogen-bond acceptors (Lipinski definition) is 4. The molecule has 0 aromatic carbocycles. The van der Waals surface area contributed by atoms with Crippen molar-refractivity contribution in [3.63, 3.8) is 0 Å². The minimum Gasteiger partial charge on any atom is -0.390 e.